The van der Waals surface area contributed by atoms with Crippen LogP contribution in [0.25, 0.3) is 10.7 Å². The lowest BCUT2D eigenvalue weighted by Gasteiger charge is -2.31. The Kier molecular flexibility index (Phi) is 6.92. The molecule has 1 fully saturated rings. The summed E-state index contributed by atoms with van der Waals surface area (Å²) in [4.78, 5) is 20.5. The molecule has 2 atom stereocenters. The lowest BCUT2D eigenvalue weighted by Crippen LogP contribution is -2.45. The van der Waals surface area contributed by atoms with Crippen molar-refractivity contribution in [1.29, 1.82) is 0 Å². The Balaban J connectivity index is 1.25. The molecule has 3 heterocycles. The van der Waals surface area contributed by atoms with E-state index in [0.29, 0.717) is 18.3 Å². The number of benzene rings is 1. The molecule has 4 rings (SSSR count). The molecule has 0 spiro atoms. The SMILES string of the molecule is CC(CCc1ccccc1)NC(=O)C1CCCN(Cc2nc(-c3cccs3)no2)C1. The fourth-order valence-corrected chi connectivity index (χ4v) is 4.54. The highest BCUT2D eigenvalue weighted by Gasteiger charge is 2.27. The van der Waals surface area contributed by atoms with Crippen molar-refractivity contribution >= 4 is 17.2 Å². The number of aryl methyl sites for hydroxylation is 1. The van der Waals surface area contributed by atoms with Crippen LogP contribution in [0.5, 0.6) is 0 Å². The van der Waals surface area contributed by atoms with Crippen LogP contribution in [-0.4, -0.2) is 40.1 Å². The fourth-order valence-electron chi connectivity index (χ4n) is 3.89. The first-order chi connectivity index (χ1) is 14.7. The normalized spacial score (nSPS) is 18.2. The Bertz CT molecular complexity index is 926. The second kappa shape index (κ2) is 10.00. The fraction of sp³-hybridized carbons (Fsp3) is 0.435. The molecule has 7 heteroatoms. The van der Waals surface area contributed by atoms with E-state index < -0.39 is 0 Å². The van der Waals surface area contributed by atoms with Gasteiger partial charge >= 0.3 is 0 Å². The maximum absolute atomic E-state index is 12.8. The Hall–Kier alpha value is -2.51. The third-order valence-electron chi connectivity index (χ3n) is 5.54. The molecule has 0 aliphatic carbocycles. The molecule has 2 aromatic heterocycles. The van der Waals surface area contributed by atoms with Crippen LogP contribution < -0.4 is 5.32 Å². The number of hydrogen-bond donors (Lipinski definition) is 1. The van der Waals surface area contributed by atoms with Gasteiger partial charge in [-0.2, -0.15) is 4.98 Å². The first kappa shape index (κ1) is 20.8. The Morgan fingerprint density at radius 1 is 1.30 bits per heavy atom. The van der Waals surface area contributed by atoms with Crippen molar-refractivity contribution in [3.8, 4) is 10.7 Å². The van der Waals surface area contributed by atoms with Crippen LogP contribution in [0, 0.1) is 5.92 Å². The number of thiophene rings is 1. The second-order valence-corrected chi connectivity index (χ2v) is 8.94. The number of amides is 1. The molecule has 0 bridgehead atoms. The predicted octanol–water partition coefficient (Wildman–Crippen LogP) is 4.15. The van der Waals surface area contributed by atoms with E-state index in [4.69, 9.17) is 4.52 Å². The number of carbonyl (C=O) groups excluding carboxylic acids is 1. The van der Waals surface area contributed by atoms with Gasteiger partial charge in [-0.25, -0.2) is 0 Å². The van der Waals surface area contributed by atoms with E-state index in [1.807, 2.05) is 23.6 Å². The van der Waals surface area contributed by atoms with Gasteiger partial charge in [-0.05, 0) is 56.2 Å². The van der Waals surface area contributed by atoms with Gasteiger partial charge in [-0.1, -0.05) is 41.6 Å². The zero-order valence-electron chi connectivity index (χ0n) is 17.3. The zero-order valence-corrected chi connectivity index (χ0v) is 18.1. The van der Waals surface area contributed by atoms with Crippen molar-refractivity contribution in [2.24, 2.45) is 5.92 Å². The molecule has 1 aromatic carbocycles. The minimum atomic E-state index is 0.0117. The van der Waals surface area contributed by atoms with E-state index in [0.717, 1.165) is 43.6 Å². The molecule has 30 heavy (non-hydrogen) atoms. The molecular weight excluding hydrogens is 396 g/mol. The van der Waals surface area contributed by atoms with Crippen molar-refractivity contribution < 1.29 is 9.32 Å². The van der Waals surface area contributed by atoms with Crippen LogP contribution in [-0.2, 0) is 17.8 Å². The first-order valence-corrected chi connectivity index (χ1v) is 11.5. The number of nitrogens with one attached hydrogen (secondary N) is 1. The smallest absolute Gasteiger partial charge is 0.241 e. The van der Waals surface area contributed by atoms with Crippen LogP contribution in [0.4, 0.5) is 0 Å². The van der Waals surface area contributed by atoms with Crippen molar-refractivity contribution in [3.63, 3.8) is 0 Å². The van der Waals surface area contributed by atoms with Crippen LogP contribution in [0.2, 0.25) is 0 Å². The third-order valence-corrected chi connectivity index (χ3v) is 6.41. The summed E-state index contributed by atoms with van der Waals surface area (Å²) >= 11 is 1.60. The Labute approximate surface area is 181 Å². The molecule has 1 aliphatic heterocycles. The highest BCUT2D eigenvalue weighted by molar-refractivity contribution is 7.13. The predicted molar refractivity (Wildman–Crippen MR) is 118 cm³/mol. The van der Waals surface area contributed by atoms with Gasteiger partial charge in [0.25, 0.3) is 0 Å². The lowest BCUT2D eigenvalue weighted by atomic mass is 9.96. The van der Waals surface area contributed by atoms with Crippen LogP contribution >= 0.6 is 11.3 Å². The first-order valence-electron chi connectivity index (χ1n) is 10.6. The van der Waals surface area contributed by atoms with Crippen molar-refractivity contribution in [2.45, 2.75) is 45.2 Å². The van der Waals surface area contributed by atoms with E-state index >= 15 is 0 Å². The summed E-state index contributed by atoms with van der Waals surface area (Å²) in [7, 11) is 0. The summed E-state index contributed by atoms with van der Waals surface area (Å²) in [5.74, 6) is 1.41. The molecule has 1 aliphatic rings. The zero-order chi connectivity index (χ0) is 20.8. The molecular formula is C23H28N4O2S. The average molecular weight is 425 g/mol. The van der Waals surface area contributed by atoms with Gasteiger partial charge in [-0.3, -0.25) is 9.69 Å². The van der Waals surface area contributed by atoms with Gasteiger partial charge in [0, 0.05) is 12.6 Å². The standard InChI is InChI=1S/C23H28N4O2S/c1-17(11-12-18-7-3-2-4-8-18)24-23(28)19-9-5-13-27(15-19)16-21-25-22(26-29-21)20-10-6-14-30-20/h2-4,6-8,10,14,17,19H,5,9,11-13,15-16H2,1H3,(H,24,28). The lowest BCUT2D eigenvalue weighted by molar-refractivity contribution is -0.127. The molecule has 1 N–H and O–H groups in total. The van der Waals surface area contributed by atoms with Crippen molar-refractivity contribution in [1.82, 2.24) is 20.4 Å². The van der Waals surface area contributed by atoms with Crippen LogP contribution in [0.3, 0.4) is 0 Å². The highest BCUT2D eigenvalue weighted by atomic mass is 32.1. The summed E-state index contributed by atoms with van der Waals surface area (Å²) in [6.07, 6.45) is 3.85. The van der Waals surface area contributed by atoms with Gasteiger partial charge in [0.05, 0.1) is 17.3 Å². The van der Waals surface area contributed by atoms with Crippen molar-refractivity contribution in [2.75, 3.05) is 13.1 Å². The molecule has 1 saturated heterocycles. The van der Waals surface area contributed by atoms with E-state index in [-0.39, 0.29) is 17.9 Å². The Morgan fingerprint density at radius 3 is 2.97 bits per heavy atom. The summed E-state index contributed by atoms with van der Waals surface area (Å²) in [6, 6.07) is 14.5. The molecule has 158 valence electrons. The number of carbonyl (C=O) groups is 1. The monoisotopic (exact) mass is 424 g/mol. The van der Waals surface area contributed by atoms with Crippen LogP contribution in [0.15, 0.2) is 52.4 Å². The number of hydrogen-bond acceptors (Lipinski definition) is 6. The number of likely N-dealkylation sites (tertiary alicyclic amines) is 1. The maximum Gasteiger partial charge on any atom is 0.241 e. The largest absolute Gasteiger partial charge is 0.353 e. The highest BCUT2D eigenvalue weighted by Crippen LogP contribution is 2.23. The summed E-state index contributed by atoms with van der Waals surface area (Å²) in [5.41, 5.74) is 1.31. The quantitative estimate of drug-likeness (QED) is 0.588. The van der Waals surface area contributed by atoms with E-state index in [1.165, 1.54) is 5.56 Å². The molecule has 3 aromatic rings. The molecule has 2 unspecified atom stereocenters. The molecule has 0 radical (unpaired) electrons. The number of piperidine rings is 1. The van der Waals surface area contributed by atoms with Gasteiger partial charge < -0.3 is 9.84 Å². The summed E-state index contributed by atoms with van der Waals surface area (Å²) in [5, 5.41) is 9.29. The Morgan fingerprint density at radius 2 is 2.17 bits per heavy atom. The molecule has 0 saturated carbocycles. The number of aromatic nitrogens is 2. The minimum Gasteiger partial charge on any atom is -0.353 e. The van der Waals surface area contributed by atoms with Gasteiger partial charge in [0.15, 0.2) is 0 Å². The topological polar surface area (TPSA) is 71.3 Å². The third kappa shape index (κ3) is 5.55. The van der Waals surface area contributed by atoms with Gasteiger partial charge in [-0.15, -0.1) is 11.3 Å². The second-order valence-electron chi connectivity index (χ2n) is 8.00. The number of nitrogens with zero attached hydrogens (tertiary/aromatic N) is 3. The summed E-state index contributed by atoms with van der Waals surface area (Å²) < 4.78 is 5.43. The molecule has 1 amide bonds. The van der Waals surface area contributed by atoms with Gasteiger partial charge in [0.1, 0.15) is 0 Å². The van der Waals surface area contributed by atoms with E-state index in [1.54, 1.807) is 11.3 Å². The van der Waals surface area contributed by atoms with Gasteiger partial charge in [0.2, 0.25) is 17.6 Å². The van der Waals surface area contributed by atoms with Crippen LogP contribution in [0.1, 0.15) is 37.6 Å². The van der Waals surface area contributed by atoms with Crippen molar-refractivity contribution in [3.05, 3.63) is 59.3 Å². The van der Waals surface area contributed by atoms with E-state index in [9.17, 15) is 4.79 Å². The average Bonchev–Trinajstić information content (AvgIpc) is 3.45. The minimum absolute atomic E-state index is 0.0117. The molecule has 6 nitrogen and oxygen atoms in total. The summed E-state index contributed by atoms with van der Waals surface area (Å²) in [6.45, 7) is 4.36. The number of rotatable bonds is 8. The maximum atomic E-state index is 12.8. The van der Waals surface area contributed by atoms with E-state index in [2.05, 4.69) is 51.5 Å².